The third kappa shape index (κ3) is 1.92. The largest absolute Gasteiger partial charge is 0.350 e. The summed E-state index contributed by atoms with van der Waals surface area (Å²) in [6, 6.07) is 17.4. The molecule has 0 amide bonds. The van der Waals surface area contributed by atoms with Gasteiger partial charge in [0.25, 0.3) is 0 Å². The Morgan fingerprint density at radius 1 is 0.944 bits per heavy atom. The van der Waals surface area contributed by atoms with Crippen molar-refractivity contribution in [3.05, 3.63) is 71.4 Å². The monoisotopic (exact) mass is 235 g/mol. The molecule has 0 radical (unpaired) electrons. The Kier molecular flexibility index (Phi) is 2.67. The minimum absolute atomic E-state index is 1.00. The van der Waals surface area contributed by atoms with Crippen LogP contribution in [0.15, 0.2) is 54.7 Å². The fraction of sp³-hybridized carbons (Fsp3) is 0.176. The van der Waals surface area contributed by atoms with Crippen LogP contribution in [0.2, 0.25) is 0 Å². The third-order valence-electron chi connectivity index (χ3n) is 3.49. The maximum Gasteiger partial charge on any atom is 0.0480 e. The number of nitrogens with zero attached hydrogens (tertiary/aromatic N) is 1. The second-order valence-electron chi connectivity index (χ2n) is 4.94. The molecule has 18 heavy (non-hydrogen) atoms. The minimum atomic E-state index is 1.00. The first kappa shape index (κ1) is 11.1. The number of rotatable bonds is 2. The number of para-hydroxylation sites is 1. The molecule has 1 heterocycles. The molecule has 0 aliphatic rings. The van der Waals surface area contributed by atoms with E-state index < -0.39 is 0 Å². The van der Waals surface area contributed by atoms with Gasteiger partial charge in [-0.3, -0.25) is 0 Å². The standard InChI is InChI=1S/C17H17N/c1-13-7-9-14(10-8-13)11-15-12-18(2)17-6-4-3-5-16(15)17/h3-10,12H,11H2,1-2H3. The molecule has 0 saturated carbocycles. The van der Waals surface area contributed by atoms with Gasteiger partial charge in [0.15, 0.2) is 0 Å². The summed E-state index contributed by atoms with van der Waals surface area (Å²) >= 11 is 0. The van der Waals surface area contributed by atoms with Gasteiger partial charge in [-0.05, 0) is 30.5 Å². The van der Waals surface area contributed by atoms with E-state index in [4.69, 9.17) is 0 Å². The molecule has 1 nitrogen and oxygen atoms in total. The summed E-state index contributed by atoms with van der Waals surface area (Å²) in [5.41, 5.74) is 5.39. The molecular weight excluding hydrogens is 218 g/mol. The lowest BCUT2D eigenvalue weighted by molar-refractivity contribution is 0.958. The molecule has 0 fully saturated rings. The Bertz CT molecular complexity index is 674. The van der Waals surface area contributed by atoms with E-state index in [-0.39, 0.29) is 0 Å². The third-order valence-corrected chi connectivity index (χ3v) is 3.49. The molecular formula is C17H17N. The molecule has 0 unspecified atom stereocenters. The summed E-state index contributed by atoms with van der Waals surface area (Å²) in [4.78, 5) is 0. The summed E-state index contributed by atoms with van der Waals surface area (Å²) in [6.45, 7) is 2.13. The maximum atomic E-state index is 2.24. The second kappa shape index (κ2) is 4.34. The van der Waals surface area contributed by atoms with Crippen molar-refractivity contribution in [3.63, 3.8) is 0 Å². The molecule has 0 saturated heterocycles. The Hall–Kier alpha value is -2.02. The molecule has 0 aliphatic carbocycles. The lowest BCUT2D eigenvalue weighted by Gasteiger charge is -2.01. The average molecular weight is 235 g/mol. The molecule has 3 rings (SSSR count). The second-order valence-corrected chi connectivity index (χ2v) is 4.94. The van der Waals surface area contributed by atoms with Crippen molar-refractivity contribution in [2.45, 2.75) is 13.3 Å². The van der Waals surface area contributed by atoms with Gasteiger partial charge in [-0.25, -0.2) is 0 Å². The molecule has 0 atom stereocenters. The van der Waals surface area contributed by atoms with Crippen molar-refractivity contribution in [1.29, 1.82) is 0 Å². The van der Waals surface area contributed by atoms with Crippen LogP contribution in [0.3, 0.4) is 0 Å². The van der Waals surface area contributed by atoms with Gasteiger partial charge < -0.3 is 4.57 Å². The van der Waals surface area contributed by atoms with Gasteiger partial charge in [-0.2, -0.15) is 0 Å². The van der Waals surface area contributed by atoms with Crippen LogP contribution in [0, 0.1) is 6.92 Å². The zero-order valence-corrected chi connectivity index (χ0v) is 10.9. The average Bonchev–Trinajstić information content (AvgIpc) is 2.70. The van der Waals surface area contributed by atoms with E-state index in [1.165, 1.54) is 27.6 Å². The smallest absolute Gasteiger partial charge is 0.0480 e. The van der Waals surface area contributed by atoms with E-state index >= 15 is 0 Å². The van der Waals surface area contributed by atoms with E-state index in [2.05, 4.69) is 73.3 Å². The first-order valence-electron chi connectivity index (χ1n) is 6.32. The van der Waals surface area contributed by atoms with Crippen LogP contribution in [-0.4, -0.2) is 4.57 Å². The van der Waals surface area contributed by atoms with Crippen LogP contribution < -0.4 is 0 Å². The van der Waals surface area contributed by atoms with E-state index in [1.54, 1.807) is 0 Å². The van der Waals surface area contributed by atoms with E-state index in [0.717, 1.165) is 6.42 Å². The number of fused-ring (bicyclic) bond motifs is 1. The highest BCUT2D eigenvalue weighted by molar-refractivity contribution is 5.84. The van der Waals surface area contributed by atoms with Crippen molar-refractivity contribution >= 4 is 10.9 Å². The molecule has 0 bridgehead atoms. The molecule has 0 aliphatic heterocycles. The molecule has 2 aromatic carbocycles. The van der Waals surface area contributed by atoms with E-state index in [9.17, 15) is 0 Å². The van der Waals surface area contributed by atoms with Gasteiger partial charge in [-0.1, -0.05) is 48.0 Å². The number of hydrogen-bond acceptors (Lipinski definition) is 0. The van der Waals surface area contributed by atoms with Gasteiger partial charge in [0.05, 0.1) is 0 Å². The fourth-order valence-corrected chi connectivity index (χ4v) is 2.49. The van der Waals surface area contributed by atoms with Crippen molar-refractivity contribution in [3.8, 4) is 0 Å². The lowest BCUT2D eigenvalue weighted by atomic mass is 10.0. The number of benzene rings is 2. The first-order chi connectivity index (χ1) is 8.74. The maximum absolute atomic E-state index is 2.24. The van der Waals surface area contributed by atoms with E-state index in [0.29, 0.717) is 0 Å². The first-order valence-corrected chi connectivity index (χ1v) is 6.32. The van der Waals surface area contributed by atoms with Gasteiger partial charge in [-0.15, -0.1) is 0 Å². The highest BCUT2D eigenvalue weighted by atomic mass is 14.9. The molecule has 90 valence electrons. The predicted molar refractivity (Wildman–Crippen MR) is 76.9 cm³/mol. The Morgan fingerprint density at radius 3 is 2.44 bits per heavy atom. The Balaban J connectivity index is 2.02. The zero-order chi connectivity index (χ0) is 12.5. The van der Waals surface area contributed by atoms with Crippen molar-refractivity contribution in [2.75, 3.05) is 0 Å². The number of aryl methyl sites for hydroxylation is 2. The molecule has 1 heteroatoms. The van der Waals surface area contributed by atoms with Gasteiger partial charge in [0.2, 0.25) is 0 Å². The van der Waals surface area contributed by atoms with Gasteiger partial charge in [0, 0.05) is 24.1 Å². The highest BCUT2D eigenvalue weighted by Crippen LogP contribution is 2.22. The van der Waals surface area contributed by atoms with Crippen molar-refractivity contribution < 1.29 is 0 Å². The van der Waals surface area contributed by atoms with Crippen LogP contribution in [0.1, 0.15) is 16.7 Å². The summed E-state index contributed by atoms with van der Waals surface area (Å²) in [5, 5.41) is 1.36. The Morgan fingerprint density at radius 2 is 1.67 bits per heavy atom. The predicted octanol–water partition coefficient (Wildman–Crippen LogP) is 4.08. The van der Waals surface area contributed by atoms with Crippen molar-refractivity contribution in [2.24, 2.45) is 7.05 Å². The highest BCUT2D eigenvalue weighted by Gasteiger charge is 2.06. The summed E-state index contributed by atoms with van der Waals surface area (Å²) in [5.74, 6) is 0. The molecule has 0 N–H and O–H groups in total. The Labute approximate surface area is 108 Å². The van der Waals surface area contributed by atoms with Gasteiger partial charge in [0.1, 0.15) is 0 Å². The van der Waals surface area contributed by atoms with Crippen molar-refractivity contribution in [1.82, 2.24) is 4.57 Å². The fourth-order valence-electron chi connectivity index (χ4n) is 2.49. The summed E-state index contributed by atoms with van der Waals surface area (Å²) in [7, 11) is 2.11. The van der Waals surface area contributed by atoms with Gasteiger partial charge >= 0.3 is 0 Å². The summed E-state index contributed by atoms with van der Waals surface area (Å²) in [6.07, 6.45) is 3.24. The zero-order valence-electron chi connectivity index (χ0n) is 10.9. The lowest BCUT2D eigenvalue weighted by Crippen LogP contribution is -1.87. The minimum Gasteiger partial charge on any atom is -0.350 e. The van der Waals surface area contributed by atoms with E-state index in [1.807, 2.05) is 0 Å². The SMILES string of the molecule is Cc1ccc(Cc2cn(C)c3ccccc23)cc1. The van der Waals surface area contributed by atoms with Crippen LogP contribution in [0.5, 0.6) is 0 Å². The van der Waals surface area contributed by atoms with Crippen LogP contribution in [-0.2, 0) is 13.5 Å². The molecule has 3 aromatic rings. The normalized spacial score (nSPS) is 11.0. The topological polar surface area (TPSA) is 4.93 Å². The summed E-state index contributed by atoms with van der Waals surface area (Å²) < 4.78 is 2.21. The van der Waals surface area contributed by atoms with Crippen LogP contribution in [0.4, 0.5) is 0 Å². The molecule has 1 aromatic heterocycles. The van der Waals surface area contributed by atoms with Crippen LogP contribution in [0.25, 0.3) is 10.9 Å². The quantitative estimate of drug-likeness (QED) is 0.631. The van der Waals surface area contributed by atoms with Crippen LogP contribution >= 0.6 is 0 Å². The molecule has 0 spiro atoms. The number of hydrogen-bond donors (Lipinski definition) is 0. The number of aromatic nitrogens is 1.